The van der Waals surface area contributed by atoms with Gasteiger partial charge in [0.25, 0.3) is 15.7 Å². The third-order valence-corrected chi connectivity index (χ3v) is 9.05. The number of hydrogen-bond acceptors (Lipinski definition) is 7. The lowest BCUT2D eigenvalue weighted by atomic mass is 10.0. The van der Waals surface area contributed by atoms with Gasteiger partial charge in [-0.15, -0.1) is 0 Å². The van der Waals surface area contributed by atoms with E-state index in [1.54, 1.807) is 42.5 Å². The van der Waals surface area contributed by atoms with Crippen LogP contribution in [0.15, 0.2) is 114 Å². The molecule has 1 N–H and O–H groups in total. The maximum atomic E-state index is 14.4. The van der Waals surface area contributed by atoms with Gasteiger partial charge in [-0.2, -0.15) is 0 Å². The van der Waals surface area contributed by atoms with Crippen LogP contribution in [0.1, 0.15) is 24.5 Å². The van der Waals surface area contributed by atoms with Gasteiger partial charge in [0.15, 0.2) is 0 Å². The first-order valence-corrected chi connectivity index (χ1v) is 16.1. The zero-order chi connectivity index (χ0) is 33.1. The maximum absolute atomic E-state index is 14.4. The van der Waals surface area contributed by atoms with Crippen molar-refractivity contribution >= 4 is 33.2 Å². The Labute approximate surface area is 268 Å². The number of non-ortho nitro benzene ring substituents is 1. The van der Waals surface area contributed by atoms with Crippen molar-refractivity contribution in [2.75, 3.05) is 24.5 Å². The number of carbonyl (C=O) groups excluding carboxylic acids is 2. The van der Waals surface area contributed by atoms with Crippen molar-refractivity contribution in [3.63, 3.8) is 0 Å². The Morgan fingerprint density at radius 1 is 0.891 bits per heavy atom. The van der Waals surface area contributed by atoms with Crippen LogP contribution in [0.4, 0.5) is 11.4 Å². The van der Waals surface area contributed by atoms with Crippen LogP contribution in [0.25, 0.3) is 0 Å². The van der Waals surface area contributed by atoms with Crippen LogP contribution in [0.2, 0.25) is 0 Å². The van der Waals surface area contributed by atoms with Crippen LogP contribution in [0, 0.1) is 10.1 Å². The first-order valence-electron chi connectivity index (χ1n) is 14.7. The molecule has 4 rings (SSSR count). The molecule has 0 fully saturated rings. The zero-order valence-electron chi connectivity index (χ0n) is 25.6. The topological polar surface area (TPSA) is 139 Å². The molecule has 0 unspecified atom stereocenters. The van der Waals surface area contributed by atoms with Crippen molar-refractivity contribution in [1.82, 2.24) is 10.2 Å². The van der Waals surface area contributed by atoms with Crippen LogP contribution in [0.5, 0.6) is 5.75 Å². The minimum absolute atomic E-state index is 0.0213. The zero-order valence-corrected chi connectivity index (χ0v) is 26.4. The summed E-state index contributed by atoms with van der Waals surface area (Å²) in [6.07, 6.45) is 0.853. The second kappa shape index (κ2) is 15.7. The van der Waals surface area contributed by atoms with E-state index in [4.69, 9.17) is 4.74 Å². The summed E-state index contributed by atoms with van der Waals surface area (Å²) in [5.74, 6) is -0.470. The molecule has 0 aliphatic heterocycles. The highest BCUT2D eigenvalue weighted by Crippen LogP contribution is 2.27. The lowest BCUT2D eigenvalue weighted by Crippen LogP contribution is -2.53. The third-order valence-electron chi connectivity index (χ3n) is 7.27. The summed E-state index contributed by atoms with van der Waals surface area (Å²) in [4.78, 5) is 40.2. The highest BCUT2D eigenvalue weighted by molar-refractivity contribution is 7.92. The van der Waals surface area contributed by atoms with Crippen molar-refractivity contribution in [3.8, 4) is 5.75 Å². The number of rotatable bonds is 15. The molecule has 46 heavy (non-hydrogen) atoms. The van der Waals surface area contributed by atoms with Gasteiger partial charge in [0.1, 0.15) is 18.3 Å². The average Bonchev–Trinajstić information content (AvgIpc) is 3.08. The first-order chi connectivity index (χ1) is 22.1. The Morgan fingerprint density at radius 2 is 1.52 bits per heavy atom. The third kappa shape index (κ3) is 8.48. The van der Waals surface area contributed by atoms with Crippen molar-refractivity contribution in [1.29, 1.82) is 0 Å². The maximum Gasteiger partial charge on any atom is 0.269 e. The van der Waals surface area contributed by atoms with Gasteiger partial charge in [0, 0.05) is 31.6 Å². The summed E-state index contributed by atoms with van der Waals surface area (Å²) >= 11 is 0. The monoisotopic (exact) mass is 644 g/mol. The minimum atomic E-state index is -4.32. The fraction of sp³-hybridized carbons (Fsp3) is 0.235. The molecule has 1 atom stereocenters. The fourth-order valence-corrected chi connectivity index (χ4v) is 6.31. The molecule has 0 aromatic heterocycles. The SMILES string of the molecule is CCCNC(=O)[C@H](Cc1ccccc1)N(Cc1cccc(OC)c1)C(=O)CN(c1ccc([N+](=O)[O-])cc1)S(=O)(=O)c1ccccc1. The van der Waals surface area contributed by atoms with Crippen LogP contribution < -0.4 is 14.4 Å². The first kappa shape index (κ1) is 33.7. The van der Waals surface area contributed by atoms with Crippen LogP contribution >= 0.6 is 0 Å². The van der Waals surface area contributed by atoms with Gasteiger partial charge in [-0.05, 0) is 53.9 Å². The van der Waals surface area contributed by atoms with Gasteiger partial charge in [0.05, 0.1) is 22.6 Å². The number of nitro groups is 1. The van der Waals surface area contributed by atoms with Crippen molar-refractivity contribution in [2.24, 2.45) is 0 Å². The molecule has 0 saturated heterocycles. The number of ether oxygens (including phenoxy) is 1. The summed E-state index contributed by atoms with van der Waals surface area (Å²) in [7, 11) is -2.80. The highest BCUT2D eigenvalue weighted by Gasteiger charge is 2.34. The number of amides is 2. The number of benzene rings is 4. The summed E-state index contributed by atoms with van der Waals surface area (Å²) in [5.41, 5.74) is 1.30. The van der Waals surface area contributed by atoms with E-state index in [1.165, 1.54) is 48.4 Å². The quantitative estimate of drug-likeness (QED) is 0.143. The van der Waals surface area contributed by atoms with Crippen molar-refractivity contribution < 1.29 is 27.7 Å². The summed E-state index contributed by atoms with van der Waals surface area (Å²) in [6.45, 7) is 1.61. The number of nitrogens with one attached hydrogen (secondary N) is 1. The van der Waals surface area contributed by atoms with Gasteiger partial charge in [-0.3, -0.25) is 24.0 Å². The van der Waals surface area contributed by atoms with Gasteiger partial charge < -0.3 is 15.0 Å². The minimum Gasteiger partial charge on any atom is -0.497 e. The van der Waals surface area contributed by atoms with Crippen molar-refractivity contribution in [3.05, 3.63) is 130 Å². The molecule has 4 aromatic carbocycles. The van der Waals surface area contributed by atoms with E-state index >= 15 is 0 Å². The molecule has 0 bridgehead atoms. The van der Waals surface area contributed by atoms with Crippen LogP contribution in [0.3, 0.4) is 0 Å². The molecule has 12 heteroatoms. The van der Waals surface area contributed by atoms with Gasteiger partial charge in [-0.1, -0.05) is 67.6 Å². The van der Waals surface area contributed by atoms with E-state index in [-0.39, 0.29) is 35.1 Å². The molecule has 0 aliphatic carbocycles. The van der Waals surface area contributed by atoms with E-state index in [1.807, 2.05) is 37.3 Å². The Bertz CT molecular complexity index is 1730. The van der Waals surface area contributed by atoms with Crippen molar-refractivity contribution in [2.45, 2.75) is 37.2 Å². The second-order valence-electron chi connectivity index (χ2n) is 10.5. The molecule has 0 spiro atoms. The lowest BCUT2D eigenvalue weighted by Gasteiger charge is -2.34. The van der Waals surface area contributed by atoms with Gasteiger partial charge in [-0.25, -0.2) is 8.42 Å². The number of methoxy groups -OCH3 is 1. The molecule has 0 radical (unpaired) electrons. The summed E-state index contributed by atoms with van der Waals surface area (Å²) in [5, 5.41) is 14.2. The van der Waals surface area contributed by atoms with E-state index in [2.05, 4.69) is 5.32 Å². The van der Waals surface area contributed by atoms with E-state index in [0.29, 0.717) is 24.3 Å². The normalized spacial score (nSPS) is 11.7. The number of nitro benzene ring substituents is 1. The van der Waals surface area contributed by atoms with E-state index in [0.717, 1.165) is 9.87 Å². The summed E-state index contributed by atoms with van der Waals surface area (Å²) in [6, 6.07) is 27.8. The molecular weight excluding hydrogens is 608 g/mol. The Kier molecular flexibility index (Phi) is 11.5. The van der Waals surface area contributed by atoms with Gasteiger partial charge >= 0.3 is 0 Å². The van der Waals surface area contributed by atoms with Gasteiger partial charge in [0.2, 0.25) is 11.8 Å². The number of carbonyl (C=O) groups is 2. The Morgan fingerprint density at radius 3 is 2.13 bits per heavy atom. The van der Waals surface area contributed by atoms with E-state index in [9.17, 15) is 28.1 Å². The molecule has 240 valence electrons. The molecule has 0 heterocycles. The molecule has 0 saturated carbocycles. The van der Waals surface area contributed by atoms with E-state index < -0.39 is 33.4 Å². The van der Waals surface area contributed by atoms with Crippen LogP contribution in [-0.2, 0) is 32.6 Å². The van der Waals surface area contributed by atoms with Crippen LogP contribution in [-0.4, -0.2) is 56.3 Å². The molecule has 2 amide bonds. The molecule has 0 aliphatic rings. The largest absolute Gasteiger partial charge is 0.497 e. The fourth-order valence-electron chi connectivity index (χ4n) is 4.88. The predicted molar refractivity (Wildman–Crippen MR) is 175 cm³/mol. The molecule has 11 nitrogen and oxygen atoms in total. The highest BCUT2D eigenvalue weighted by atomic mass is 32.2. The Balaban J connectivity index is 1.81. The molecular formula is C34H36N4O7S. The standard InChI is InChI=1S/C34H36N4O7S/c1-3-21-35-34(40)32(23-26-11-6-4-7-12-26)36(24-27-13-10-14-30(22-27)45-2)33(39)25-37(28-17-19-29(20-18-28)38(41)42)46(43,44)31-15-8-5-9-16-31/h4-20,22,32H,3,21,23-25H2,1-2H3,(H,35,40)/t32-/m0/s1. The Hall–Kier alpha value is -5.23. The lowest BCUT2D eigenvalue weighted by molar-refractivity contribution is -0.384. The smallest absolute Gasteiger partial charge is 0.269 e. The number of anilines is 1. The average molecular weight is 645 g/mol. The number of sulfonamides is 1. The number of hydrogen-bond donors (Lipinski definition) is 1. The second-order valence-corrected chi connectivity index (χ2v) is 12.3. The molecule has 4 aromatic rings. The summed E-state index contributed by atoms with van der Waals surface area (Å²) < 4.78 is 34.3. The number of nitrogens with zero attached hydrogens (tertiary/aromatic N) is 3. The predicted octanol–water partition coefficient (Wildman–Crippen LogP) is 4.97.